The minimum absolute atomic E-state index is 1.07. The molecule has 0 aromatic heterocycles. The van der Waals surface area contributed by atoms with Gasteiger partial charge in [0.15, 0.2) is 0 Å². The Hall–Kier alpha value is 0.730. The standard InChI is InChI=1S/C7H11I/c8-7-5-2-1-3-6(7)4-5/h5-7H,1-4H2. The number of hydrogen-bond donors (Lipinski definition) is 0. The second kappa shape index (κ2) is 1.86. The fourth-order valence-corrected chi connectivity index (χ4v) is 3.34. The van der Waals surface area contributed by atoms with Gasteiger partial charge in [-0.2, -0.15) is 0 Å². The molecule has 2 unspecified atom stereocenters. The molecule has 0 aromatic rings. The molecule has 0 heterocycles. The highest BCUT2D eigenvalue weighted by molar-refractivity contribution is 14.1. The second-order valence-corrected chi connectivity index (χ2v) is 4.57. The molecular weight excluding hydrogens is 211 g/mol. The summed E-state index contributed by atoms with van der Waals surface area (Å²) in [7, 11) is 0. The molecule has 0 N–H and O–H groups in total. The van der Waals surface area contributed by atoms with Crippen LogP contribution in [-0.4, -0.2) is 3.92 Å². The van der Waals surface area contributed by atoms with Gasteiger partial charge in [-0.1, -0.05) is 29.0 Å². The topological polar surface area (TPSA) is 0 Å². The van der Waals surface area contributed by atoms with E-state index in [0.717, 1.165) is 15.8 Å². The predicted octanol–water partition coefficient (Wildman–Crippen LogP) is 2.61. The van der Waals surface area contributed by atoms with Crippen molar-refractivity contribution in [2.75, 3.05) is 0 Å². The van der Waals surface area contributed by atoms with Crippen LogP contribution in [0.2, 0.25) is 0 Å². The molecule has 46 valence electrons. The van der Waals surface area contributed by atoms with E-state index in [1.54, 1.807) is 6.42 Å². The molecule has 3 saturated carbocycles. The fourth-order valence-electron chi connectivity index (χ4n) is 2.03. The van der Waals surface area contributed by atoms with Crippen molar-refractivity contribution >= 4 is 22.6 Å². The molecule has 3 fully saturated rings. The molecule has 3 rings (SSSR count). The van der Waals surface area contributed by atoms with E-state index in [9.17, 15) is 0 Å². The molecule has 3 aliphatic rings. The molecule has 0 nitrogen and oxygen atoms in total. The highest BCUT2D eigenvalue weighted by Gasteiger charge is 2.41. The first-order chi connectivity index (χ1) is 3.88. The van der Waals surface area contributed by atoms with Crippen LogP contribution in [0.15, 0.2) is 0 Å². The zero-order valence-corrected chi connectivity index (χ0v) is 7.10. The summed E-state index contributed by atoms with van der Waals surface area (Å²) in [6, 6.07) is 0. The van der Waals surface area contributed by atoms with Crippen molar-refractivity contribution < 1.29 is 0 Å². The van der Waals surface area contributed by atoms with Crippen molar-refractivity contribution in [2.45, 2.75) is 29.6 Å². The maximum absolute atomic E-state index is 2.63. The van der Waals surface area contributed by atoms with Crippen molar-refractivity contribution in [1.29, 1.82) is 0 Å². The van der Waals surface area contributed by atoms with Crippen molar-refractivity contribution in [3.05, 3.63) is 0 Å². The van der Waals surface area contributed by atoms with Crippen LogP contribution >= 0.6 is 22.6 Å². The molecule has 2 bridgehead atoms. The molecule has 0 aromatic carbocycles. The van der Waals surface area contributed by atoms with E-state index >= 15 is 0 Å². The smallest absolute Gasteiger partial charge is 0.0166 e. The minimum Gasteiger partial charge on any atom is -0.0820 e. The minimum atomic E-state index is 1.07. The van der Waals surface area contributed by atoms with Gasteiger partial charge in [-0.3, -0.25) is 0 Å². The molecule has 0 saturated heterocycles. The van der Waals surface area contributed by atoms with Crippen LogP contribution in [0.1, 0.15) is 25.7 Å². The second-order valence-electron chi connectivity index (χ2n) is 3.13. The van der Waals surface area contributed by atoms with Gasteiger partial charge >= 0.3 is 0 Å². The van der Waals surface area contributed by atoms with Crippen LogP contribution < -0.4 is 0 Å². The highest BCUT2D eigenvalue weighted by Crippen LogP contribution is 2.49. The molecule has 0 aliphatic heterocycles. The summed E-state index contributed by atoms with van der Waals surface area (Å²) < 4.78 is 1.07. The van der Waals surface area contributed by atoms with Gasteiger partial charge in [-0.25, -0.2) is 0 Å². The zero-order chi connectivity index (χ0) is 5.56. The summed E-state index contributed by atoms with van der Waals surface area (Å²) in [5.74, 6) is 2.27. The van der Waals surface area contributed by atoms with Crippen LogP contribution in [0.4, 0.5) is 0 Å². The summed E-state index contributed by atoms with van der Waals surface area (Å²) in [5, 5.41) is 0. The van der Waals surface area contributed by atoms with Crippen molar-refractivity contribution in [1.82, 2.24) is 0 Å². The average molecular weight is 222 g/mol. The summed E-state index contributed by atoms with van der Waals surface area (Å²) in [4.78, 5) is 0. The molecule has 3 aliphatic carbocycles. The summed E-state index contributed by atoms with van der Waals surface area (Å²) in [6.45, 7) is 0. The van der Waals surface area contributed by atoms with Gasteiger partial charge in [0.2, 0.25) is 0 Å². The van der Waals surface area contributed by atoms with Crippen molar-refractivity contribution in [2.24, 2.45) is 11.8 Å². The van der Waals surface area contributed by atoms with Crippen LogP contribution in [0.3, 0.4) is 0 Å². The van der Waals surface area contributed by atoms with Crippen molar-refractivity contribution in [3.63, 3.8) is 0 Å². The Kier molecular flexibility index (Phi) is 1.28. The quantitative estimate of drug-likeness (QED) is 0.436. The molecule has 2 atom stereocenters. The fraction of sp³-hybridized carbons (Fsp3) is 1.00. The Morgan fingerprint density at radius 1 is 1.12 bits per heavy atom. The lowest BCUT2D eigenvalue weighted by atomic mass is 9.65. The van der Waals surface area contributed by atoms with Gasteiger partial charge in [-0.15, -0.1) is 0 Å². The number of hydrogen-bond acceptors (Lipinski definition) is 0. The molecule has 0 radical (unpaired) electrons. The first-order valence-electron chi connectivity index (χ1n) is 3.52. The van der Waals surface area contributed by atoms with E-state index < -0.39 is 0 Å². The normalized spacial score (nSPS) is 52.9. The predicted molar refractivity (Wildman–Crippen MR) is 43.3 cm³/mol. The molecule has 0 amide bonds. The van der Waals surface area contributed by atoms with Crippen LogP contribution in [0, 0.1) is 11.8 Å². The third kappa shape index (κ3) is 0.630. The molecule has 0 spiro atoms. The van der Waals surface area contributed by atoms with Gasteiger partial charge in [-0.05, 0) is 31.1 Å². The lowest BCUT2D eigenvalue weighted by molar-refractivity contribution is 0.138. The Labute approximate surface area is 64.2 Å². The maximum atomic E-state index is 2.63. The molecule has 1 heteroatoms. The number of fused-ring (bicyclic) bond motifs is 2. The largest absolute Gasteiger partial charge is 0.0820 e. The van der Waals surface area contributed by atoms with Gasteiger partial charge in [0.25, 0.3) is 0 Å². The third-order valence-corrected chi connectivity index (χ3v) is 4.69. The van der Waals surface area contributed by atoms with Gasteiger partial charge in [0.05, 0.1) is 0 Å². The average Bonchev–Trinajstić information content (AvgIpc) is 1.89. The van der Waals surface area contributed by atoms with Gasteiger partial charge < -0.3 is 0 Å². The van der Waals surface area contributed by atoms with E-state index in [4.69, 9.17) is 0 Å². The molecular formula is C7H11I. The van der Waals surface area contributed by atoms with E-state index in [0.29, 0.717) is 0 Å². The number of alkyl halides is 1. The Balaban J connectivity index is 2.03. The van der Waals surface area contributed by atoms with E-state index in [1.807, 2.05) is 0 Å². The SMILES string of the molecule is IC1C2CCCC1C2. The summed E-state index contributed by atoms with van der Waals surface area (Å²) >= 11 is 2.63. The van der Waals surface area contributed by atoms with Crippen LogP contribution in [-0.2, 0) is 0 Å². The Morgan fingerprint density at radius 3 is 2.00 bits per heavy atom. The lowest BCUT2D eigenvalue weighted by Crippen LogP contribution is -2.40. The zero-order valence-electron chi connectivity index (χ0n) is 4.94. The summed E-state index contributed by atoms with van der Waals surface area (Å²) in [5.41, 5.74) is 0. The number of rotatable bonds is 0. The summed E-state index contributed by atoms with van der Waals surface area (Å²) in [6.07, 6.45) is 6.15. The first kappa shape index (κ1) is 5.51. The van der Waals surface area contributed by atoms with E-state index in [1.165, 1.54) is 19.3 Å². The lowest BCUT2D eigenvalue weighted by Gasteiger charge is -2.46. The Bertz CT molecular complexity index is 86.6. The number of halogens is 1. The first-order valence-corrected chi connectivity index (χ1v) is 4.76. The van der Waals surface area contributed by atoms with Crippen LogP contribution in [0.5, 0.6) is 0 Å². The monoisotopic (exact) mass is 222 g/mol. The third-order valence-electron chi connectivity index (χ3n) is 2.66. The van der Waals surface area contributed by atoms with E-state index in [-0.39, 0.29) is 0 Å². The Morgan fingerprint density at radius 2 is 1.75 bits per heavy atom. The molecule has 8 heavy (non-hydrogen) atoms. The van der Waals surface area contributed by atoms with Gasteiger partial charge in [0, 0.05) is 3.92 Å². The maximum Gasteiger partial charge on any atom is 0.0166 e. The van der Waals surface area contributed by atoms with E-state index in [2.05, 4.69) is 22.6 Å². The van der Waals surface area contributed by atoms with Crippen molar-refractivity contribution in [3.8, 4) is 0 Å². The van der Waals surface area contributed by atoms with Crippen LogP contribution in [0.25, 0.3) is 0 Å². The highest BCUT2D eigenvalue weighted by atomic mass is 127. The van der Waals surface area contributed by atoms with Gasteiger partial charge in [0.1, 0.15) is 0 Å².